The van der Waals surface area contributed by atoms with Crippen molar-refractivity contribution in [1.29, 1.82) is 0 Å². The van der Waals surface area contributed by atoms with Crippen LogP contribution < -0.4 is 5.32 Å². The summed E-state index contributed by atoms with van der Waals surface area (Å²) >= 11 is 0. The summed E-state index contributed by atoms with van der Waals surface area (Å²) in [6.45, 7) is 0.510. The van der Waals surface area contributed by atoms with Gasteiger partial charge in [0.15, 0.2) is 0 Å². The molecule has 1 aromatic carbocycles. The van der Waals surface area contributed by atoms with E-state index in [1.807, 2.05) is 0 Å². The standard InChI is InChI=1S/C12H14FNO/c13-10-5-6-12(15)9(7-10)8-14-11-3-1-2-4-11/h1-2,5-7,11,14-15H,3-4,8H2. The van der Waals surface area contributed by atoms with Crippen LogP contribution in [0.3, 0.4) is 0 Å². The third-order valence-electron chi connectivity index (χ3n) is 2.63. The summed E-state index contributed by atoms with van der Waals surface area (Å²) in [4.78, 5) is 0. The van der Waals surface area contributed by atoms with Gasteiger partial charge in [-0.05, 0) is 31.0 Å². The first-order chi connectivity index (χ1) is 7.25. The van der Waals surface area contributed by atoms with E-state index in [4.69, 9.17) is 0 Å². The average Bonchev–Trinajstić information content (AvgIpc) is 2.72. The number of phenols is 1. The van der Waals surface area contributed by atoms with Crippen LogP contribution in [0.25, 0.3) is 0 Å². The van der Waals surface area contributed by atoms with Gasteiger partial charge in [0, 0.05) is 18.2 Å². The molecular formula is C12H14FNO. The van der Waals surface area contributed by atoms with E-state index in [0.717, 1.165) is 12.8 Å². The van der Waals surface area contributed by atoms with Crippen molar-refractivity contribution in [2.24, 2.45) is 0 Å². The third kappa shape index (κ3) is 2.57. The van der Waals surface area contributed by atoms with Crippen molar-refractivity contribution in [3.8, 4) is 5.75 Å². The van der Waals surface area contributed by atoms with Crippen LogP contribution in [0, 0.1) is 5.82 Å². The van der Waals surface area contributed by atoms with Gasteiger partial charge in [-0.3, -0.25) is 0 Å². The highest BCUT2D eigenvalue weighted by Crippen LogP contribution is 2.18. The van der Waals surface area contributed by atoms with Gasteiger partial charge in [-0.25, -0.2) is 4.39 Å². The van der Waals surface area contributed by atoms with E-state index in [0.29, 0.717) is 18.2 Å². The maximum Gasteiger partial charge on any atom is 0.123 e. The number of rotatable bonds is 3. The first-order valence-corrected chi connectivity index (χ1v) is 5.11. The molecule has 2 nitrogen and oxygen atoms in total. The minimum atomic E-state index is -0.311. The molecule has 0 fully saturated rings. The van der Waals surface area contributed by atoms with E-state index in [2.05, 4.69) is 17.5 Å². The maximum absolute atomic E-state index is 12.9. The van der Waals surface area contributed by atoms with Crippen LogP contribution in [0.15, 0.2) is 30.4 Å². The Morgan fingerprint density at radius 1 is 1.33 bits per heavy atom. The molecule has 15 heavy (non-hydrogen) atoms. The molecule has 1 aromatic rings. The van der Waals surface area contributed by atoms with Crippen molar-refractivity contribution in [3.05, 3.63) is 41.7 Å². The largest absolute Gasteiger partial charge is 0.508 e. The molecule has 0 aliphatic heterocycles. The molecule has 0 bridgehead atoms. The zero-order valence-electron chi connectivity index (χ0n) is 8.41. The fourth-order valence-corrected chi connectivity index (χ4v) is 1.73. The number of hydrogen-bond acceptors (Lipinski definition) is 2. The summed E-state index contributed by atoms with van der Waals surface area (Å²) in [5.41, 5.74) is 0.613. The van der Waals surface area contributed by atoms with Crippen LogP contribution in [0.1, 0.15) is 18.4 Å². The van der Waals surface area contributed by atoms with Gasteiger partial charge in [0.2, 0.25) is 0 Å². The highest BCUT2D eigenvalue weighted by Gasteiger charge is 2.10. The van der Waals surface area contributed by atoms with Gasteiger partial charge in [0.25, 0.3) is 0 Å². The number of halogens is 1. The monoisotopic (exact) mass is 207 g/mol. The summed E-state index contributed by atoms with van der Waals surface area (Å²) in [7, 11) is 0. The number of aromatic hydroxyl groups is 1. The van der Waals surface area contributed by atoms with Crippen LogP contribution in [-0.2, 0) is 6.54 Å². The average molecular weight is 207 g/mol. The Balaban J connectivity index is 1.95. The Morgan fingerprint density at radius 2 is 2.07 bits per heavy atom. The lowest BCUT2D eigenvalue weighted by Crippen LogP contribution is -2.25. The van der Waals surface area contributed by atoms with E-state index < -0.39 is 0 Å². The van der Waals surface area contributed by atoms with Gasteiger partial charge >= 0.3 is 0 Å². The lowest BCUT2D eigenvalue weighted by atomic mass is 10.1. The first-order valence-electron chi connectivity index (χ1n) is 5.11. The second-order valence-corrected chi connectivity index (χ2v) is 3.79. The molecule has 1 aliphatic carbocycles. The fourth-order valence-electron chi connectivity index (χ4n) is 1.73. The van der Waals surface area contributed by atoms with Crippen LogP contribution in [0.5, 0.6) is 5.75 Å². The first kappa shape index (κ1) is 10.2. The molecule has 2 rings (SSSR count). The van der Waals surface area contributed by atoms with Gasteiger partial charge in [-0.15, -0.1) is 0 Å². The third-order valence-corrected chi connectivity index (χ3v) is 2.63. The minimum absolute atomic E-state index is 0.148. The quantitative estimate of drug-likeness (QED) is 0.746. The van der Waals surface area contributed by atoms with Crippen LogP contribution in [0.4, 0.5) is 4.39 Å². The molecule has 3 heteroatoms. The Bertz CT molecular complexity index is 368. The van der Waals surface area contributed by atoms with E-state index in [-0.39, 0.29) is 11.6 Å². The van der Waals surface area contributed by atoms with E-state index >= 15 is 0 Å². The van der Waals surface area contributed by atoms with Crippen molar-refractivity contribution >= 4 is 0 Å². The van der Waals surface area contributed by atoms with Crippen molar-refractivity contribution in [1.82, 2.24) is 5.32 Å². The lowest BCUT2D eigenvalue weighted by molar-refractivity contribution is 0.454. The van der Waals surface area contributed by atoms with Gasteiger partial charge in [0.05, 0.1) is 0 Å². The predicted octanol–water partition coefficient (Wildman–Crippen LogP) is 2.34. The summed E-state index contributed by atoms with van der Waals surface area (Å²) in [6, 6.07) is 4.44. The maximum atomic E-state index is 12.9. The molecule has 0 unspecified atom stereocenters. The molecule has 0 atom stereocenters. The van der Waals surface area contributed by atoms with Crippen molar-refractivity contribution in [2.75, 3.05) is 0 Å². The van der Waals surface area contributed by atoms with E-state index in [9.17, 15) is 9.50 Å². The smallest absolute Gasteiger partial charge is 0.123 e. The summed E-state index contributed by atoms with van der Waals surface area (Å²) in [5, 5.41) is 12.8. The van der Waals surface area contributed by atoms with Crippen molar-refractivity contribution < 1.29 is 9.50 Å². The predicted molar refractivity (Wildman–Crippen MR) is 57.1 cm³/mol. The zero-order chi connectivity index (χ0) is 10.7. The summed E-state index contributed by atoms with van der Waals surface area (Å²) in [6.07, 6.45) is 6.28. The molecule has 1 aliphatic rings. The van der Waals surface area contributed by atoms with E-state index in [1.165, 1.54) is 18.2 Å². The molecule has 0 radical (unpaired) electrons. The Hall–Kier alpha value is -1.35. The van der Waals surface area contributed by atoms with Gasteiger partial charge < -0.3 is 10.4 Å². The highest BCUT2D eigenvalue weighted by atomic mass is 19.1. The molecule has 0 amide bonds. The fraction of sp³-hybridized carbons (Fsp3) is 0.333. The molecule has 0 saturated heterocycles. The van der Waals surface area contributed by atoms with Gasteiger partial charge in [0.1, 0.15) is 11.6 Å². The number of phenolic OH excluding ortho intramolecular Hbond substituents is 1. The number of hydrogen-bond donors (Lipinski definition) is 2. The van der Waals surface area contributed by atoms with Gasteiger partial charge in [-0.1, -0.05) is 12.2 Å². The molecular weight excluding hydrogens is 193 g/mol. The molecule has 0 aromatic heterocycles. The normalized spacial score (nSPS) is 16.1. The summed E-state index contributed by atoms with van der Waals surface area (Å²) < 4.78 is 12.9. The Kier molecular flexibility index (Phi) is 3.02. The molecule has 0 heterocycles. The zero-order valence-corrected chi connectivity index (χ0v) is 8.41. The molecule has 0 spiro atoms. The topological polar surface area (TPSA) is 32.3 Å². The van der Waals surface area contributed by atoms with E-state index in [1.54, 1.807) is 0 Å². The second kappa shape index (κ2) is 4.45. The van der Waals surface area contributed by atoms with Crippen LogP contribution >= 0.6 is 0 Å². The number of benzene rings is 1. The highest BCUT2D eigenvalue weighted by molar-refractivity contribution is 5.32. The SMILES string of the molecule is Oc1ccc(F)cc1CNC1CC=CC1. The molecule has 80 valence electrons. The van der Waals surface area contributed by atoms with Crippen molar-refractivity contribution in [3.63, 3.8) is 0 Å². The Morgan fingerprint density at radius 3 is 2.80 bits per heavy atom. The number of nitrogens with one attached hydrogen (secondary N) is 1. The molecule has 2 N–H and O–H groups in total. The van der Waals surface area contributed by atoms with Crippen molar-refractivity contribution in [2.45, 2.75) is 25.4 Å². The van der Waals surface area contributed by atoms with Crippen LogP contribution in [-0.4, -0.2) is 11.1 Å². The Labute approximate surface area is 88.4 Å². The molecule has 0 saturated carbocycles. The second-order valence-electron chi connectivity index (χ2n) is 3.79. The van der Waals surface area contributed by atoms with Gasteiger partial charge in [-0.2, -0.15) is 0 Å². The van der Waals surface area contributed by atoms with Crippen LogP contribution in [0.2, 0.25) is 0 Å². The minimum Gasteiger partial charge on any atom is -0.508 e. The summed E-state index contributed by atoms with van der Waals surface area (Å²) in [5.74, 6) is -0.163. The lowest BCUT2D eigenvalue weighted by Gasteiger charge is -2.12.